The van der Waals surface area contributed by atoms with E-state index in [0.29, 0.717) is 22.9 Å². The quantitative estimate of drug-likeness (QED) is 0.800. The van der Waals surface area contributed by atoms with E-state index in [-0.39, 0.29) is 19.1 Å². The second-order valence-corrected chi connectivity index (χ2v) is 6.18. The molecule has 0 saturated heterocycles. The van der Waals surface area contributed by atoms with E-state index in [1.807, 2.05) is 0 Å². The van der Waals surface area contributed by atoms with Crippen molar-refractivity contribution in [3.63, 3.8) is 0 Å². The van der Waals surface area contributed by atoms with Gasteiger partial charge in [0.2, 0.25) is 5.91 Å². The van der Waals surface area contributed by atoms with Gasteiger partial charge in [-0.1, -0.05) is 11.6 Å². The number of nitrogens with one attached hydrogen (secondary N) is 2. The first kappa shape index (κ1) is 18.0. The summed E-state index contributed by atoms with van der Waals surface area (Å²) in [6.07, 6.45) is 0.462. The summed E-state index contributed by atoms with van der Waals surface area (Å²) < 4.78 is 23.5. The summed E-state index contributed by atoms with van der Waals surface area (Å²) in [6.45, 7) is -0.103. The van der Waals surface area contributed by atoms with Gasteiger partial charge in [-0.3, -0.25) is 20.4 Å². The minimum absolute atomic E-state index is 0.211. The van der Waals surface area contributed by atoms with Crippen LogP contribution in [0.2, 0.25) is 5.02 Å². The number of carbonyl (C=O) groups is 2. The highest BCUT2D eigenvalue weighted by Gasteiger charge is 2.26. The van der Waals surface area contributed by atoms with Crippen molar-refractivity contribution in [1.82, 2.24) is 10.9 Å². The van der Waals surface area contributed by atoms with Crippen LogP contribution in [0, 0.1) is 11.7 Å². The predicted molar refractivity (Wildman–Crippen MR) is 92.3 cm³/mol. The zero-order valence-electron chi connectivity index (χ0n) is 13.6. The van der Waals surface area contributed by atoms with Crippen molar-refractivity contribution in [2.45, 2.75) is 6.42 Å². The molecule has 0 aliphatic carbocycles. The number of rotatable bonds is 4. The normalized spacial score (nSPS) is 15.4. The van der Waals surface area contributed by atoms with Gasteiger partial charge in [0.15, 0.2) is 6.61 Å². The van der Waals surface area contributed by atoms with Gasteiger partial charge in [0.05, 0.1) is 5.92 Å². The second-order valence-electron chi connectivity index (χ2n) is 5.74. The Balaban J connectivity index is 1.45. The molecule has 2 amide bonds. The average molecular weight is 379 g/mol. The topological polar surface area (TPSA) is 76.7 Å². The van der Waals surface area contributed by atoms with Crippen LogP contribution in [0.5, 0.6) is 11.5 Å². The zero-order valence-corrected chi connectivity index (χ0v) is 14.4. The van der Waals surface area contributed by atoms with E-state index in [1.54, 1.807) is 18.2 Å². The minimum atomic E-state index is -0.539. The Morgan fingerprint density at radius 3 is 2.73 bits per heavy atom. The molecule has 136 valence electrons. The molecular weight excluding hydrogens is 363 g/mol. The number of hydrazine groups is 1. The summed E-state index contributed by atoms with van der Waals surface area (Å²) in [6, 6.07) is 10.5. The summed E-state index contributed by atoms with van der Waals surface area (Å²) in [7, 11) is 0. The Hall–Kier alpha value is -2.80. The molecule has 2 aromatic carbocycles. The van der Waals surface area contributed by atoms with E-state index >= 15 is 0 Å². The number of ether oxygens (including phenoxy) is 2. The van der Waals surface area contributed by atoms with Crippen molar-refractivity contribution in [1.29, 1.82) is 0 Å². The summed E-state index contributed by atoms with van der Waals surface area (Å²) in [5.74, 6) is -0.697. The van der Waals surface area contributed by atoms with Crippen LogP contribution in [0.3, 0.4) is 0 Å². The van der Waals surface area contributed by atoms with E-state index in [0.717, 1.165) is 5.56 Å². The van der Waals surface area contributed by atoms with Crippen LogP contribution >= 0.6 is 11.6 Å². The molecule has 1 atom stereocenters. The fourth-order valence-electron chi connectivity index (χ4n) is 2.48. The molecule has 0 spiro atoms. The van der Waals surface area contributed by atoms with Crippen LogP contribution in [0.15, 0.2) is 42.5 Å². The third-order valence-corrected chi connectivity index (χ3v) is 4.04. The first-order valence-corrected chi connectivity index (χ1v) is 8.27. The Morgan fingerprint density at radius 1 is 1.19 bits per heavy atom. The molecule has 0 aromatic heterocycles. The fourth-order valence-corrected chi connectivity index (χ4v) is 2.68. The van der Waals surface area contributed by atoms with E-state index in [1.165, 1.54) is 24.3 Å². The zero-order chi connectivity index (χ0) is 18.5. The standard InChI is InChI=1S/C18H16ClFN2O4/c19-13-1-6-16-11(8-13)7-12(9-26-16)18(24)22-21-17(23)10-25-15-4-2-14(20)3-5-15/h1-6,8,12H,7,9-10H2,(H,21,23)(H,22,24)/t12-/m0/s1. The fraction of sp³-hybridized carbons (Fsp3) is 0.222. The highest BCUT2D eigenvalue weighted by molar-refractivity contribution is 6.30. The molecule has 0 fully saturated rings. The SMILES string of the molecule is O=C(COc1ccc(F)cc1)NNC(=O)[C@@H]1COc2ccc(Cl)cc2C1. The molecule has 6 nitrogen and oxygen atoms in total. The molecule has 0 radical (unpaired) electrons. The Kier molecular flexibility index (Phi) is 5.58. The molecule has 8 heteroatoms. The average Bonchev–Trinajstić information content (AvgIpc) is 2.65. The summed E-state index contributed by atoms with van der Waals surface area (Å²) in [5, 5.41) is 0.569. The van der Waals surface area contributed by atoms with Gasteiger partial charge in [0.1, 0.15) is 23.9 Å². The summed E-state index contributed by atoms with van der Waals surface area (Å²) in [4.78, 5) is 23.9. The predicted octanol–water partition coefficient (Wildman–Crippen LogP) is 2.26. The lowest BCUT2D eigenvalue weighted by molar-refractivity contribution is -0.132. The van der Waals surface area contributed by atoms with E-state index < -0.39 is 17.6 Å². The van der Waals surface area contributed by atoms with Crippen molar-refractivity contribution in [3.05, 3.63) is 58.9 Å². The summed E-state index contributed by atoms with van der Waals surface area (Å²) in [5.41, 5.74) is 5.47. The third kappa shape index (κ3) is 4.64. The van der Waals surface area contributed by atoms with Crippen LogP contribution in [-0.2, 0) is 16.0 Å². The van der Waals surface area contributed by atoms with Gasteiger partial charge in [-0.2, -0.15) is 0 Å². The van der Waals surface area contributed by atoms with Crippen LogP contribution in [0.25, 0.3) is 0 Å². The van der Waals surface area contributed by atoms with Crippen LogP contribution in [0.4, 0.5) is 4.39 Å². The maximum atomic E-state index is 12.8. The first-order chi connectivity index (χ1) is 12.5. The molecule has 1 aliphatic heterocycles. The molecule has 2 aromatic rings. The van der Waals surface area contributed by atoms with E-state index in [4.69, 9.17) is 21.1 Å². The lowest BCUT2D eigenvalue weighted by atomic mass is 9.96. The van der Waals surface area contributed by atoms with Crippen molar-refractivity contribution in [3.8, 4) is 11.5 Å². The van der Waals surface area contributed by atoms with E-state index in [9.17, 15) is 14.0 Å². The molecule has 1 heterocycles. The summed E-state index contributed by atoms with van der Waals surface area (Å²) >= 11 is 5.95. The Labute approximate surface area is 154 Å². The number of hydrogen-bond donors (Lipinski definition) is 2. The minimum Gasteiger partial charge on any atom is -0.492 e. The van der Waals surface area contributed by atoms with Crippen molar-refractivity contribution in [2.24, 2.45) is 5.92 Å². The maximum Gasteiger partial charge on any atom is 0.276 e. The Bertz CT molecular complexity index is 813. The van der Waals surface area contributed by atoms with Gasteiger partial charge in [0.25, 0.3) is 5.91 Å². The van der Waals surface area contributed by atoms with Crippen molar-refractivity contribution < 1.29 is 23.5 Å². The van der Waals surface area contributed by atoms with Gasteiger partial charge < -0.3 is 9.47 Å². The highest BCUT2D eigenvalue weighted by Crippen LogP contribution is 2.29. The first-order valence-electron chi connectivity index (χ1n) is 7.89. The van der Waals surface area contributed by atoms with Gasteiger partial charge >= 0.3 is 0 Å². The molecule has 26 heavy (non-hydrogen) atoms. The van der Waals surface area contributed by atoms with Gasteiger partial charge in [-0.15, -0.1) is 0 Å². The largest absolute Gasteiger partial charge is 0.492 e. The third-order valence-electron chi connectivity index (χ3n) is 3.81. The van der Waals surface area contributed by atoms with Crippen molar-refractivity contribution >= 4 is 23.4 Å². The van der Waals surface area contributed by atoms with Gasteiger partial charge in [-0.05, 0) is 54.4 Å². The van der Waals surface area contributed by atoms with Gasteiger partial charge in [-0.25, -0.2) is 4.39 Å². The number of carbonyl (C=O) groups excluding carboxylic acids is 2. The number of benzene rings is 2. The molecule has 3 rings (SSSR count). The monoisotopic (exact) mass is 378 g/mol. The molecule has 1 aliphatic rings. The Morgan fingerprint density at radius 2 is 1.96 bits per heavy atom. The molecule has 0 bridgehead atoms. The van der Waals surface area contributed by atoms with Crippen molar-refractivity contribution in [2.75, 3.05) is 13.2 Å². The van der Waals surface area contributed by atoms with Gasteiger partial charge in [0, 0.05) is 5.02 Å². The highest BCUT2D eigenvalue weighted by atomic mass is 35.5. The van der Waals surface area contributed by atoms with E-state index in [2.05, 4.69) is 10.9 Å². The molecule has 2 N–H and O–H groups in total. The molecule has 0 saturated carbocycles. The van der Waals surface area contributed by atoms with Crippen LogP contribution in [0.1, 0.15) is 5.56 Å². The number of fused-ring (bicyclic) bond motifs is 1. The number of amides is 2. The number of halogens is 2. The van der Waals surface area contributed by atoms with Crippen LogP contribution in [-0.4, -0.2) is 25.0 Å². The smallest absolute Gasteiger partial charge is 0.276 e. The second kappa shape index (κ2) is 8.05. The maximum absolute atomic E-state index is 12.8. The number of hydrogen-bond acceptors (Lipinski definition) is 4. The van der Waals surface area contributed by atoms with Crippen LogP contribution < -0.4 is 20.3 Å². The molecular formula is C18H16ClFN2O4. The lowest BCUT2D eigenvalue weighted by Gasteiger charge is -2.24. The lowest BCUT2D eigenvalue weighted by Crippen LogP contribution is -2.48. The molecule has 0 unspecified atom stereocenters.